The Morgan fingerprint density at radius 3 is 2.84 bits per heavy atom. The molecule has 2 aromatic heterocycles. The number of aromatic nitrogens is 2. The monoisotopic (exact) mass is 459 g/mol. The van der Waals surface area contributed by atoms with Gasteiger partial charge in [0.05, 0.1) is 4.91 Å². The highest BCUT2D eigenvalue weighted by Gasteiger charge is 2.33. The summed E-state index contributed by atoms with van der Waals surface area (Å²) in [4.78, 5) is 16.3. The van der Waals surface area contributed by atoms with Gasteiger partial charge in [-0.05, 0) is 56.4 Å². The van der Waals surface area contributed by atoms with E-state index in [2.05, 4.69) is 50.0 Å². The average Bonchev–Trinajstić information content (AvgIpc) is 3.18. The van der Waals surface area contributed by atoms with Crippen molar-refractivity contribution in [3.8, 4) is 0 Å². The molecule has 1 unspecified atom stereocenters. The number of allylic oxidation sites excluding steroid dienone is 1. The molecule has 2 aromatic rings. The van der Waals surface area contributed by atoms with Gasteiger partial charge >= 0.3 is 0 Å². The van der Waals surface area contributed by atoms with Gasteiger partial charge in [0.2, 0.25) is 5.89 Å². The van der Waals surface area contributed by atoms with Crippen molar-refractivity contribution >= 4 is 37.3 Å². The van der Waals surface area contributed by atoms with Gasteiger partial charge in [0, 0.05) is 22.9 Å². The van der Waals surface area contributed by atoms with Gasteiger partial charge in [-0.2, -0.15) is 10.0 Å². The summed E-state index contributed by atoms with van der Waals surface area (Å²) in [6, 6.07) is 3.96. The van der Waals surface area contributed by atoms with Gasteiger partial charge in [-0.3, -0.25) is 4.98 Å². The summed E-state index contributed by atoms with van der Waals surface area (Å²) in [6.07, 6.45) is 11.2. The van der Waals surface area contributed by atoms with E-state index in [0.29, 0.717) is 11.8 Å². The molecule has 0 radical (unpaired) electrons. The summed E-state index contributed by atoms with van der Waals surface area (Å²) in [6.45, 7) is 10.9. The second kappa shape index (κ2) is 10.1. The Kier molecular flexibility index (Phi) is 7.70. The van der Waals surface area contributed by atoms with Crippen molar-refractivity contribution < 1.29 is 9.25 Å². The van der Waals surface area contributed by atoms with Crippen molar-refractivity contribution in [1.29, 1.82) is 0 Å². The van der Waals surface area contributed by atoms with Crippen molar-refractivity contribution in [1.82, 2.24) is 9.97 Å². The minimum Gasteiger partial charge on any atom is -0.430 e. The molecule has 3 rings (SSSR count). The maximum Gasteiger partial charge on any atom is 0.234 e. The molecule has 0 saturated carbocycles. The zero-order valence-electron chi connectivity index (χ0n) is 19.4. The van der Waals surface area contributed by atoms with E-state index >= 15 is 0 Å². The summed E-state index contributed by atoms with van der Waals surface area (Å²) >= 11 is 1.61. The number of nitrogens with zero attached hydrogens (tertiary/aromatic N) is 3. The van der Waals surface area contributed by atoms with Crippen LogP contribution in [-0.2, 0) is 4.84 Å². The first-order valence-corrected chi connectivity index (χ1v) is 14.0. The Morgan fingerprint density at radius 1 is 1.42 bits per heavy atom. The fraction of sp³-hybridized carbons (Fsp3) is 0.458. The fourth-order valence-corrected chi connectivity index (χ4v) is 6.57. The second-order valence-electron chi connectivity index (χ2n) is 8.31. The molecule has 1 aliphatic rings. The van der Waals surface area contributed by atoms with E-state index in [1.54, 1.807) is 25.1 Å². The first-order valence-electron chi connectivity index (χ1n) is 10.6. The van der Waals surface area contributed by atoms with Crippen molar-refractivity contribution in [2.45, 2.75) is 45.1 Å². The second-order valence-corrected chi connectivity index (χ2v) is 13.3. The van der Waals surface area contributed by atoms with Crippen molar-refractivity contribution in [3.63, 3.8) is 0 Å². The molecular weight excluding hydrogens is 426 g/mol. The van der Waals surface area contributed by atoms with Gasteiger partial charge in [0.25, 0.3) is 0 Å². The van der Waals surface area contributed by atoms with Crippen LogP contribution in [0.5, 0.6) is 0 Å². The average molecular weight is 460 g/mol. The number of oxime groups is 1. The van der Waals surface area contributed by atoms with E-state index in [9.17, 15) is 0 Å². The molecule has 0 aromatic carbocycles. The number of thioether (sulfide) groups is 1. The normalized spacial score (nSPS) is 19.7. The Labute approximate surface area is 191 Å². The van der Waals surface area contributed by atoms with Crippen LogP contribution in [0.1, 0.15) is 57.2 Å². The van der Waals surface area contributed by atoms with Gasteiger partial charge in [0.1, 0.15) is 18.5 Å². The predicted molar refractivity (Wildman–Crippen MR) is 135 cm³/mol. The topological polar surface area (TPSA) is 60.5 Å². The largest absolute Gasteiger partial charge is 0.430 e. The molecule has 168 valence electrons. The fourth-order valence-electron chi connectivity index (χ4n) is 3.50. The molecular formula is C24H33N3O2S2. The van der Waals surface area contributed by atoms with Gasteiger partial charge in [-0.1, -0.05) is 49.0 Å². The summed E-state index contributed by atoms with van der Waals surface area (Å²) in [5.41, 5.74) is 3.99. The number of hydrogen-bond donors (Lipinski definition) is 0. The molecule has 1 atom stereocenters. The number of hydrogen-bond acceptors (Lipinski definition) is 6. The number of oxazole rings is 1. The van der Waals surface area contributed by atoms with Crippen LogP contribution < -0.4 is 0 Å². The standard InChI is InChI=1S/C24H33N3O2S2/c1-8-16(2)17(3)22(30-18(4)19-11-9-13-25-15-19)23-26-21-20(27-28-5)12-10-14-31(6,7)24(21)29-23/h9,11,13,15-16H,4,8,10,12,14H2,1-3,5-7H3/b22-17-,27-20+. The highest BCUT2D eigenvalue weighted by molar-refractivity contribution is 8.32. The number of rotatable bonds is 7. The Bertz CT molecular complexity index is 994. The van der Waals surface area contributed by atoms with Crippen LogP contribution in [0.4, 0.5) is 0 Å². The van der Waals surface area contributed by atoms with Gasteiger partial charge in [-0.15, -0.1) is 0 Å². The van der Waals surface area contributed by atoms with Crippen LogP contribution in [0.15, 0.2) is 51.3 Å². The first kappa shape index (κ1) is 23.7. The molecule has 1 aliphatic heterocycles. The van der Waals surface area contributed by atoms with Crippen molar-refractivity contribution in [3.05, 3.63) is 53.8 Å². The van der Waals surface area contributed by atoms with Crippen molar-refractivity contribution in [2.24, 2.45) is 11.1 Å². The van der Waals surface area contributed by atoms with Crippen LogP contribution >= 0.6 is 21.8 Å². The molecule has 5 nitrogen and oxygen atoms in total. The zero-order chi connectivity index (χ0) is 22.6. The molecule has 3 heterocycles. The molecule has 0 aliphatic carbocycles. The van der Waals surface area contributed by atoms with E-state index in [1.807, 2.05) is 18.3 Å². The molecule has 0 N–H and O–H groups in total. The number of pyridine rings is 1. The minimum absolute atomic E-state index is 0.406. The molecule has 31 heavy (non-hydrogen) atoms. The molecule has 7 heteroatoms. The third-order valence-electron chi connectivity index (χ3n) is 5.75. The minimum atomic E-state index is -1.10. The van der Waals surface area contributed by atoms with Gasteiger partial charge in [-0.25, -0.2) is 4.98 Å². The maximum absolute atomic E-state index is 6.55. The van der Waals surface area contributed by atoms with Crippen LogP contribution in [0.2, 0.25) is 0 Å². The summed E-state index contributed by atoms with van der Waals surface area (Å²) in [5, 5.41) is 5.26. The lowest BCUT2D eigenvalue weighted by Gasteiger charge is -2.26. The molecule has 0 amide bonds. The highest BCUT2D eigenvalue weighted by Crippen LogP contribution is 2.55. The Morgan fingerprint density at radius 2 is 2.19 bits per heavy atom. The lowest BCUT2D eigenvalue weighted by molar-refractivity contribution is 0.212. The quantitative estimate of drug-likeness (QED) is 0.425. The molecule has 0 spiro atoms. The van der Waals surface area contributed by atoms with E-state index in [-0.39, 0.29) is 0 Å². The van der Waals surface area contributed by atoms with E-state index in [1.165, 1.54) is 5.57 Å². The SMILES string of the molecule is C=C(S/C(=C(/C)C(C)CC)c1nc2c(o1)S(C)(C)CCC/C2=N\OC)c1cccnc1. The third kappa shape index (κ3) is 5.26. The van der Waals surface area contributed by atoms with E-state index in [4.69, 9.17) is 14.2 Å². The molecule has 0 saturated heterocycles. The summed E-state index contributed by atoms with van der Waals surface area (Å²) < 4.78 is 6.55. The first-order chi connectivity index (χ1) is 14.8. The molecule has 0 bridgehead atoms. The lowest BCUT2D eigenvalue weighted by atomic mass is 10.00. The van der Waals surface area contributed by atoms with Gasteiger partial charge < -0.3 is 9.25 Å². The van der Waals surface area contributed by atoms with E-state index in [0.717, 1.165) is 56.9 Å². The maximum atomic E-state index is 6.55. The van der Waals surface area contributed by atoms with E-state index < -0.39 is 10.0 Å². The Hall–Kier alpha value is -1.99. The zero-order valence-corrected chi connectivity index (χ0v) is 21.0. The summed E-state index contributed by atoms with van der Waals surface area (Å²) in [5.74, 6) is 2.16. The Balaban J connectivity index is 2.11. The van der Waals surface area contributed by atoms with Gasteiger partial charge in [0.15, 0.2) is 5.09 Å². The third-order valence-corrected chi connectivity index (χ3v) is 9.53. The van der Waals surface area contributed by atoms with Crippen LogP contribution in [0.3, 0.4) is 0 Å². The summed E-state index contributed by atoms with van der Waals surface area (Å²) in [7, 11) is 0.482. The lowest BCUT2D eigenvalue weighted by Crippen LogP contribution is -2.03. The predicted octanol–water partition coefficient (Wildman–Crippen LogP) is 6.82. The van der Waals surface area contributed by atoms with Crippen LogP contribution in [0.25, 0.3) is 9.81 Å². The number of fused-ring (bicyclic) bond motifs is 1. The van der Waals surface area contributed by atoms with Crippen LogP contribution in [-0.4, -0.2) is 41.1 Å². The van der Waals surface area contributed by atoms with Crippen molar-refractivity contribution in [2.75, 3.05) is 25.4 Å². The highest BCUT2D eigenvalue weighted by atomic mass is 32.3. The smallest absolute Gasteiger partial charge is 0.234 e. The molecule has 0 fully saturated rings. The van der Waals surface area contributed by atoms with Crippen LogP contribution in [0, 0.1) is 5.92 Å².